The molecular formula is C14H14BClO6. The molecule has 1 heterocycles. The summed E-state index contributed by atoms with van der Waals surface area (Å²) in [5.74, 6) is -1.47. The Morgan fingerprint density at radius 3 is 2.95 bits per heavy atom. The van der Waals surface area contributed by atoms with Crippen LogP contribution in [0.25, 0.3) is 0 Å². The molecule has 0 aromatic heterocycles. The second kappa shape index (κ2) is 6.96. The molecule has 0 fully saturated rings. The highest BCUT2D eigenvalue weighted by atomic mass is 35.5. The van der Waals surface area contributed by atoms with E-state index in [2.05, 4.69) is 11.3 Å². The van der Waals surface area contributed by atoms with E-state index < -0.39 is 25.2 Å². The number of methoxy groups -OCH3 is 1. The molecule has 22 heavy (non-hydrogen) atoms. The molecule has 0 spiro atoms. The van der Waals surface area contributed by atoms with Crippen molar-refractivity contribution in [3.8, 4) is 0 Å². The summed E-state index contributed by atoms with van der Waals surface area (Å²) in [6.45, 7) is 3.71. The fraction of sp³-hybridized carbons (Fsp3) is 0.286. The van der Waals surface area contributed by atoms with E-state index in [9.17, 15) is 14.6 Å². The van der Waals surface area contributed by atoms with Gasteiger partial charge in [0.25, 0.3) is 0 Å². The fourth-order valence-electron chi connectivity index (χ4n) is 2.07. The summed E-state index contributed by atoms with van der Waals surface area (Å²) < 4.78 is 14.7. The Bertz CT molecular complexity index is 618. The lowest BCUT2D eigenvalue weighted by molar-refractivity contribution is -0.150. The molecule has 6 nitrogen and oxygen atoms in total. The van der Waals surface area contributed by atoms with Crippen molar-refractivity contribution in [2.45, 2.75) is 19.1 Å². The topological polar surface area (TPSA) is 82.1 Å². The molecule has 0 saturated heterocycles. The number of carbonyl (C=O) groups is 2. The van der Waals surface area contributed by atoms with Crippen LogP contribution in [0.3, 0.4) is 0 Å². The highest BCUT2D eigenvalue weighted by Crippen LogP contribution is 2.22. The summed E-state index contributed by atoms with van der Waals surface area (Å²) >= 11 is 6.05. The molecule has 0 amide bonds. The number of fused-ring (bicyclic) bond motifs is 1. The van der Waals surface area contributed by atoms with Crippen LogP contribution in [0.15, 0.2) is 24.8 Å². The van der Waals surface area contributed by atoms with Crippen LogP contribution >= 0.6 is 11.6 Å². The van der Waals surface area contributed by atoms with Gasteiger partial charge in [0.2, 0.25) is 6.10 Å². The third-order valence-electron chi connectivity index (χ3n) is 3.21. The minimum Gasteiger partial charge on any atom is -0.466 e. The Labute approximate surface area is 132 Å². The monoisotopic (exact) mass is 324 g/mol. The van der Waals surface area contributed by atoms with Gasteiger partial charge in [-0.3, -0.25) is 0 Å². The number of ether oxygens (including phenoxy) is 2. The molecule has 1 aromatic rings. The Kier molecular flexibility index (Phi) is 5.23. The largest absolute Gasteiger partial charge is 0.491 e. The van der Waals surface area contributed by atoms with Crippen LogP contribution in [0.4, 0.5) is 0 Å². The van der Waals surface area contributed by atoms with Gasteiger partial charge in [0, 0.05) is 6.42 Å². The first-order valence-corrected chi connectivity index (χ1v) is 6.87. The zero-order valence-electron chi connectivity index (χ0n) is 11.9. The molecule has 116 valence electrons. The number of hydrogen-bond donors (Lipinski definition) is 1. The first-order chi connectivity index (χ1) is 10.5. The van der Waals surface area contributed by atoms with E-state index in [1.54, 1.807) is 0 Å². The van der Waals surface area contributed by atoms with Crippen molar-refractivity contribution in [3.63, 3.8) is 0 Å². The summed E-state index contributed by atoms with van der Waals surface area (Å²) in [4.78, 5) is 23.8. The van der Waals surface area contributed by atoms with E-state index in [4.69, 9.17) is 21.0 Å². The SMILES string of the molecule is C=CCC(OC(=O)c1cc2c(cc1Cl)COB2O)C(=O)OC. The van der Waals surface area contributed by atoms with Crippen molar-refractivity contribution in [1.82, 2.24) is 0 Å². The highest BCUT2D eigenvalue weighted by Gasteiger charge is 2.31. The zero-order chi connectivity index (χ0) is 16.3. The van der Waals surface area contributed by atoms with Crippen molar-refractivity contribution in [2.75, 3.05) is 7.11 Å². The van der Waals surface area contributed by atoms with Crippen molar-refractivity contribution >= 4 is 36.1 Å². The van der Waals surface area contributed by atoms with Crippen LogP contribution in [-0.2, 0) is 25.5 Å². The van der Waals surface area contributed by atoms with E-state index in [0.29, 0.717) is 11.0 Å². The molecule has 1 aliphatic rings. The molecule has 1 aromatic carbocycles. The minimum atomic E-state index is -1.11. The van der Waals surface area contributed by atoms with Gasteiger partial charge in [0.05, 0.1) is 24.3 Å². The Hall–Kier alpha value is -1.83. The van der Waals surface area contributed by atoms with Gasteiger partial charge in [-0.2, -0.15) is 0 Å². The van der Waals surface area contributed by atoms with E-state index in [1.165, 1.54) is 25.3 Å². The zero-order valence-corrected chi connectivity index (χ0v) is 12.6. The molecule has 1 atom stereocenters. The second-order valence-electron chi connectivity index (χ2n) is 4.64. The third kappa shape index (κ3) is 3.32. The van der Waals surface area contributed by atoms with Crippen LogP contribution in [-0.4, -0.2) is 37.3 Å². The molecule has 1 unspecified atom stereocenters. The molecule has 1 N–H and O–H groups in total. The number of halogens is 1. The van der Waals surface area contributed by atoms with Crippen LogP contribution in [0.5, 0.6) is 0 Å². The number of esters is 2. The van der Waals surface area contributed by atoms with Gasteiger partial charge < -0.3 is 19.2 Å². The molecule has 8 heteroatoms. The number of hydrogen-bond acceptors (Lipinski definition) is 6. The van der Waals surface area contributed by atoms with E-state index >= 15 is 0 Å². The fourth-order valence-corrected chi connectivity index (χ4v) is 2.33. The van der Waals surface area contributed by atoms with Crippen LogP contribution in [0.2, 0.25) is 5.02 Å². The lowest BCUT2D eigenvalue weighted by Gasteiger charge is -2.15. The van der Waals surface area contributed by atoms with Gasteiger partial charge in [0.1, 0.15) is 0 Å². The number of carbonyl (C=O) groups excluding carboxylic acids is 2. The normalized spacial score (nSPS) is 14.2. The number of benzene rings is 1. The molecular weight excluding hydrogens is 310 g/mol. The second-order valence-corrected chi connectivity index (χ2v) is 5.04. The smallest absolute Gasteiger partial charge is 0.466 e. The van der Waals surface area contributed by atoms with Gasteiger partial charge in [-0.25, -0.2) is 9.59 Å². The molecule has 0 aliphatic carbocycles. The first kappa shape index (κ1) is 16.5. The van der Waals surface area contributed by atoms with Gasteiger partial charge in [-0.05, 0) is 23.2 Å². The third-order valence-corrected chi connectivity index (χ3v) is 3.52. The predicted octanol–water partition coefficient (Wildman–Crippen LogP) is 0.832. The van der Waals surface area contributed by atoms with Gasteiger partial charge in [-0.15, -0.1) is 6.58 Å². The van der Waals surface area contributed by atoms with Crippen LogP contribution in [0, 0.1) is 0 Å². The van der Waals surface area contributed by atoms with Gasteiger partial charge >= 0.3 is 19.1 Å². The molecule has 0 saturated carbocycles. The summed E-state index contributed by atoms with van der Waals surface area (Å²) in [5.41, 5.74) is 1.20. The molecule has 0 bridgehead atoms. The highest BCUT2D eigenvalue weighted by molar-refractivity contribution is 6.61. The van der Waals surface area contributed by atoms with Crippen molar-refractivity contribution < 1.29 is 28.7 Å². The Morgan fingerprint density at radius 2 is 2.32 bits per heavy atom. The summed E-state index contributed by atoms with van der Waals surface area (Å²) in [5, 5.41) is 9.82. The average Bonchev–Trinajstić information content (AvgIpc) is 2.85. The quantitative estimate of drug-likeness (QED) is 0.491. The molecule has 2 rings (SSSR count). The minimum absolute atomic E-state index is 0.0444. The predicted molar refractivity (Wildman–Crippen MR) is 79.9 cm³/mol. The summed E-state index contributed by atoms with van der Waals surface area (Å²) in [7, 11) is 0.0888. The van der Waals surface area contributed by atoms with Crippen molar-refractivity contribution in [1.29, 1.82) is 0 Å². The Balaban J connectivity index is 2.24. The van der Waals surface area contributed by atoms with E-state index in [1.807, 2.05) is 0 Å². The maximum atomic E-state index is 12.2. The standard InChI is InChI=1S/C14H14BClO6/c1-3-4-12(14(18)20-2)22-13(17)9-6-10-8(5-11(9)16)7-21-15(10)19/h3,5-6,12,19H,1,4,7H2,2H3. The maximum absolute atomic E-state index is 12.2. The van der Waals surface area contributed by atoms with E-state index in [0.717, 1.165) is 0 Å². The van der Waals surface area contributed by atoms with Crippen molar-refractivity contribution in [2.24, 2.45) is 0 Å². The van der Waals surface area contributed by atoms with E-state index in [-0.39, 0.29) is 23.6 Å². The summed E-state index contributed by atoms with van der Waals surface area (Å²) in [6.07, 6.45) is 0.462. The lowest BCUT2D eigenvalue weighted by Crippen LogP contribution is -2.31. The summed E-state index contributed by atoms with van der Waals surface area (Å²) in [6, 6.07) is 2.93. The van der Waals surface area contributed by atoms with Gasteiger partial charge in [-0.1, -0.05) is 17.7 Å². The van der Waals surface area contributed by atoms with Crippen LogP contribution in [0.1, 0.15) is 22.3 Å². The first-order valence-electron chi connectivity index (χ1n) is 6.49. The Morgan fingerprint density at radius 1 is 1.59 bits per heavy atom. The molecule has 0 radical (unpaired) electrons. The van der Waals surface area contributed by atoms with Gasteiger partial charge in [0.15, 0.2) is 0 Å². The maximum Gasteiger partial charge on any atom is 0.491 e. The number of rotatable bonds is 5. The van der Waals surface area contributed by atoms with Crippen molar-refractivity contribution in [3.05, 3.63) is 40.9 Å². The molecule has 1 aliphatic heterocycles. The average molecular weight is 325 g/mol. The van der Waals surface area contributed by atoms with Crippen LogP contribution < -0.4 is 5.46 Å². The lowest BCUT2D eigenvalue weighted by atomic mass is 9.79.